The number of rotatable bonds is 2. The van der Waals surface area contributed by atoms with Crippen molar-refractivity contribution >= 4 is 44.7 Å². The molecule has 2 radical (unpaired) electrons. The van der Waals surface area contributed by atoms with Crippen LogP contribution in [0, 0.1) is 26.0 Å². The predicted octanol–water partition coefficient (Wildman–Crippen LogP) is 6.19. The minimum absolute atomic E-state index is 0. The van der Waals surface area contributed by atoms with E-state index in [4.69, 9.17) is 0 Å². The van der Waals surface area contributed by atoms with Gasteiger partial charge in [-0.1, -0.05) is 77.0 Å². The van der Waals surface area contributed by atoms with Crippen molar-refractivity contribution in [3.8, 4) is 0 Å². The van der Waals surface area contributed by atoms with Crippen LogP contribution in [0.4, 0.5) is 0 Å². The van der Waals surface area contributed by atoms with Gasteiger partial charge in [0.05, 0.1) is 0 Å². The molecule has 156 valence electrons. The van der Waals surface area contributed by atoms with Crippen molar-refractivity contribution in [3.63, 3.8) is 0 Å². The summed E-state index contributed by atoms with van der Waals surface area (Å²) in [6.07, 6.45) is 16.2. The molecule has 0 atom stereocenters. The molecule has 0 N–H and O–H groups in total. The van der Waals surface area contributed by atoms with Crippen LogP contribution in [-0.2, 0) is 26.2 Å². The van der Waals surface area contributed by atoms with Gasteiger partial charge in [0.15, 0.2) is 0 Å². The third-order valence-corrected chi connectivity index (χ3v) is 6.16. The van der Waals surface area contributed by atoms with E-state index in [-0.39, 0.29) is 51.0 Å². The summed E-state index contributed by atoms with van der Waals surface area (Å²) in [6.45, 7) is 8.63. The second kappa shape index (κ2) is 17.7. The van der Waals surface area contributed by atoms with E-state index in [0.717, 1.165) is 22.4 Å². The molecule has 0 aliphatic heterocycles. The zero-order chi connectivity index (χ0) is 19.5. The first-order valence-corrected chi connectivity index (χ1v) is 10.4. The third-order valence-electron chi connectivity index (χ3n) is 4.50. The largest absolute Gasteiger partial charge is 2.00 e. The molecule has 0 saturated heterocycles. The van der Waals surface area contributed by atoms with Gasteiger partial charge in [-0.25, -0.2) is 23.8 Å². The zero-order valence-electron chi connectivity index (χ0n) is 18.2. The Morgan fingerprint density at radius 1 is 0.767 bits per heavy atom. The molecule has 0 nitrogen and oxygen atoms in total. The molecule has 4 rings (SSSR count). The number of benzene rings is 2. The maximum atomic E-state index is 3.12. The van der Waals surface area contributed by atoms with E-state index in [1.54, 1.807) is 0 Å². The number of hydrogen-bond acceptors (Lipinski definition) is 0. The number of aryl methyl sites for hydroxylation is 2. The van der Waals surface area contributed by atoms with Gasteiger partial charge in [0.25, 0.3) is 0 Å². The summed E-state index contributed by atoms with van der Waals surface area (Å²) in [5, 5.41) is 2.90. The maximum absolute atomic E-state index is 3.12. The standard InChI is InChI=1S/C14H14Si.C7H9.C5H5.2ClH.Zr/c1-11-7-3-5-9-13(11)15-14-10-6-4-8-12(14)2;1-6-4-3-5-7(6)2;1-2-4-5-3-1;;;/h3-10H,1-2H3;4H,5H2,1-2H3;1-3H,4H2;2*1H;/q;2*-1;;;+2. The molecular formula is C26H30Cl2SiZr. The quantitative estimate of drug-likeness (QED) is 0.320. The van der Waals surface area contributed by atoms with Crippen molar-refractivity contribution in [2.45, 2.75) is 40.5 Å². The van der Waals surface area contributed by atoms with Gasteiger partial charge in [-0.15, -0.1) is 44.6 Å². The van der Waals surface area contributed by atoms with Gasteiger partial charge in [0.2, 0.25) is 0 Å². The Hall–Kier alpha value is -0.920. The van der Waals surface area contributed by atoms with E-state index in [1.165, 1.54) is 32.6 Å². The molecule has 0 amide bonds. The van der Waals surface area contributed by atoms with Crippen LogP contribution in [0.25, 0.3) is 0 Å². The van der Waals surface area contributed by atoms with E-state index in [9.17, 15) is 0 Å². The molecule has 2 aliphatic carbocycles. The summed E-state index contributed by atoms with van der Waals surface area (Å²) in [5.74, 6) is 0. The Bertz CT molecular complexity index is 813. The molecule has 0 spiro atoms. The molecule has 0 aromatic heterocycles. The van der Waals surface area contributed by atoms with Gasteiger partial charge in [-0.3, -0.25) is 12.2 Å². The van der Waals surface area contributed by atoms with E-state index in [2.05, 4.69) is 101 Å². The summed E-state index contributed by atoms with van der Waals surface area (Å²) < 4.78 is 0. The molecule has 2 aromatic rings. The number of allylic oxidation sites excluding steroid dienone is 8. The minimum atomic E-state index is 0. The van der Waals surface area contributed by atoms with Gasteiger partial charge in [0, 0.05) is 0 Å². The van der Waals surface area contributed by atoms with Gasteiger partial charge < -0.3 is 0 Å². The van der Waals surface area contributed by atoms with Gasteiger partial charge in [-0.05, 0) is 13.8 Å². The van der Waals surface area contributed by atoms with Crippen molar-refractivity contribution < 1.29 is 26.2 Å². The fraction of sp³-hybridized carbons (Fsp3) is 0.231. The number of halogens is 2. The van der Waals surface area contributed by atoms with Crippen molar-refractivity contribution in [1.29, 1.82) is 0 Å². The maximum Gasteiger partial charge on any atom is 2.00 e. The fourth-order valence-corrected chi connectivity index (χ4v) is 3.74. The summed E-state index contributed by atoms with van der Waals surface area (Å²) in [7, 11) is 0.774. The third kappa shape index (κ3) is 11.5. The monoisotopic (exact) mass is 530 g/mol. The Kier molecular flexibility index (Phi) is 18.5. The van der Waals surface area contributed by atoms with Crippen LogP contribution >= 0.6 is 24.8 Å². The molecule has 2 aromatic carbocycles. The summed E-state index contributed by atoms with van der Waals surface area (Å²) in [4.78, 5) is 0. The number of hydrogen-bond donors (Lipinski definition) is 0. The Morgan fingerprint density at radius 3 is 1.57 bits per heavy atom. The normalized spacial score (nSPS) is 12.5. The SMILES string of the molecule is CC1=C(C)C[C-]=C1.Cc1ccccc1[Si]c1ccccc1C.Cl.Cl.[C-]1=CC=CC1.[Zr+2]. The molecule has 4 heteroatoms. The van der Waals surface area contributed by atoms with Crippen molar-refractivity contribution in [3.05, 3.63) is 107 Å². The first kappa shape index (κ1) is 31.3. The zero-order valence-corrected chi connectivity index (χ0v) is 23.2. The average Bonchev–Trinajstić information content (AvgIpc) is 3.36. The topological polar surface area (TPSA) is 0 Å². The Labute approximate surface area is 217 Å². The van der Waals surface area contributed by atoms with Crippen LogP contribution in [0.1, 0.15) is 37.8 Å². The molecular weight excluding hydrogens is 503 g/mol. The molecule has 0 saturated carbocycles. The second-order valence-corrected chi connectivity index (χ2v) is 8.07. The van der Waals surface area contributed by atoms with Crippen LogP contribution in [0.5, 0.6) is 0 Å². The van der Waals surface area contributed by atoms with Gasteiger partial charge in [0.1, 0.15) is 9.52 Å². The van der Waals surface area contributed by atoms with Gasteiger partial charge in [-0.2, -0.15) is 11.6 Å². The summed E-state index contributed by atoms with van der Waals surface area (Å²) >= 11 is 0. The summed E-state index contributed by atoms with van der Waals surface area (Å²) in [6, 6.07) is 17.2. The van der Waals surface area contributed by atoms with Crippen molar-refractivity contribution in [2.24, 2.45) is 0 Å². The van der Waals surface area contributed by atoms with Crippen LogP contribution in [0.2, 0.25) is 0 Å². The van der Waals surface area contributed by atoms with Crippen LogP contribution in [0.3, 0.4) is 0 Å². The van der Waals surface area contributed by atoms with Crippen molar-refractivity contribution in [2.75, 3.05) is 0 Å². The molecule has 30 heavy (non-hydrogen) atoms. The molecule has 2 aliphatic rings. The Morgan fingerprint density at radius 2 is 1.30 bits per heavy atom. The van der Waals surface area contributed by atoms with E-state index >= 15 is 0 Å². The predicted molar refractivity (Wildman–Crippen MR) is 134 cm³/mol. The molecule has 0 unspecified atom stereocenters. The van der Waals surface area contributed by atoms with Crippen LogP contribution in [-0.4, -0.2) is 9.52 Å². The van der Waals surface area contributed by atoms with E-state index in [1.807, 2.05) is 12.2 Å². The fourth-order valence-electron chi connectivity index (χ4n) is 2.53. The smallest absolute Gasteiger partial charge is 0.273 e. The van der Waals surface area contributed by atoms with E-state index in [0.29, 0.717) is 0 Å². The van der Waals surface area contributed by atoms with Gasteiger partial charge >= 0.3 is 26.2 Å². The van der Waals surface area contributed by atoms with Crippen LogP contribution in [0.15, 0.2) is 84.0 Å². The molecule has 0 bridgehead atoms. The first-order valence-electron chi connectivity index (χ1n) is 9.41. The molecule has 0 fully saturated rings. The average molecular weight is 533 g/mol. The van der Waals surface area contributed by atoms with E-state index < -0.39 is 0 Å². The second-order valence-electron chi connectivity index (χ2n) is 6.75. The minimum Gasteiger partial charge on any atom is -0.273 e. The Balaban J connectivity index is 0. The van der Waals surface area contributed by atoms with Crippen LogP contribution < -0.4 is 10.4 Å². The molecule has 0 heterocycles. The summed E-state index contributed by atoms with van der Waals surface area (Å²) in [5.41, 5.74) is 5.62. The van der Waals surface area contributed by atoms with Crippen molar-refractivity contribution in [1.82, 2.24) is 0 Å². The first-order chi connectivity index (χ1) is 13.1.